The number of hydrogen-bond acceptors (Lipinski definition) is 5. The fraction of sp³-hybridized carbons (Fsp3) is 0.240. The van der Waals surface area contributed by atoms with Crippen LogP contribution in [-0.4, -0.2) is 28.5 Å². The molecular formula is C25H23FN4O3. The summed E-state index contributed by atoms with van der Waals surface area (Å²) >= 11 is 0. The molecule has 2 aromatic carbocycles. The molecular weight excluding hydrogens is 423 g/mol. The second-order valence-corrected chi connectivity index (χ2v) is 8.15. The van der Waals surface area contributed by atoms with E-state index in [1.54, 1.807) is 30.3 Å². The number of furan rings is 1. The van der Waals surface area contributed by atoms with Gasteiger partial charge in [-0.1, -0.05) is 0 Å². The van der Waals surface area contributed by atoms with Crippen molar-refractivity contribution in [2.45, 2.75) is 26.3 Å². The lowest BCUT2D eigenvalue weighted by atomic mass is 10.1. The van der Waals surface area contributed by atoms with Gasteiger partial charge in [-0.3, -0.25) is 9.59 Å². The number of hydrogen-bond donors (Lipinski definition) is 1. The predicted octanol–water partition coefficient (Wildman–Crippen LogP) is 3.96. The number of carbonyl (C=O) groups excluding carboxylic acids is 1. The Morgan fingerprint density at radius 1 is 1.09 bits per heavy atom. The molecule has 0 aliphatic carbocycles. The van der Waals surface area contributed by atoms with Gasteiger partial charge in [-0.05, 0) is 74.4 Å². The van der Waals surface area contributed by atoms with Crippen LogP contribution in [0.25, 0.3) is 16.6 Å². The van der Waals surface area contributed by atoms with E-state index in [0.717, 1.165) is 31.7 Å². The fourth-order valence-corrected chi connectivity index (χ4v) is 4.12. The molecule has 1 aliphatic rings. The second-order valence-electron chi connectivity index (χ2n) is 8.15. The van der Waals surface area contributed by atoms with E-state index in [1.807, 2.05) is 19.1 Å². The van der Waals surface area contributed by atoms with Gasteiger partial charge >= 0.3 is 0 Å². The van der Waals surface area contributed by atoms with Crippen LogP contribution in [0.5, 0.6) is 0 Å². The van der Waals surface area contributed by atoms with E-state index in [1.165, 1.54) is 16.7 Å². The normalized spacial score (nSPS) is 13.6. The SMILES string of the molecule is Cc1ccc(CNC(=O)c2ccc3c(=O)n(-c4ccc(F)cc4)c(N4CCCC4)nc3c2)o1. The van der Waals surface area contributed by atoms with Crippen LogP contribution in [0.4, 0.5) is 10.3 Å². The van der Waals surface area contributed by atoms with Gasteiger partial charge in [0.25, 0.3) is 11.5 Å². The number of anilines is 1. The number of nitrogens with zero attached hydrogens (tertiary/aromatic N) is 3. The van der Waals surface area contributed by atoms with E-state index < -0.39 is 0 Å². The minimum absolute atomic E-state index is 0.258. The molecule has 1 saturated heterocycles. The monoisotopic (exact) mass is 446 g/mol. The smallest absolute Gasteiger partial charge is 0.267 e. The van der Waals surface area contributed by atoms with Crippen molar-refractivity contribution in [3.8, 4) is 5.69 Å². The first-order valence-corrected chi connectivity index (χ1v) is 10.9. The molecule has 8 heteroatoms. The number of halogens is 1. The van der Waals surface area contributed by atoms with Gasteiger partial charge in [-0.15, -0.1) is 0 Å². The molecule has 2 aromatic heterocycles. The molecule has 3 heterocycles. The first-order chi connectivity index (χ1) is 16.0. The Bertz CT molecular complexity index is 1390. The molecule has 0 bridgehead atoms. The van der Waals surface area contributed by atoms with Gasteiger partial charge in [0.1, 0.15) is 17.3 Å². The van der Waals surface area contributed by atoms with Crippen molar-refractivity contribution in [1.29, 1.82) is 0 Å². The molecule has 0 saturated carbocycles. The molecule has 0 unspecified atom stereocenters. The molecule has 4 aromatic rings. The average Bonchev–Trinajstić information content (AvgIpc) is 3.50. The van der Waals surface area contributed by atoms with E-state index in [0.29, 0.717) is 33.9 Å². The summed E-state index contributed by atoms with van der Waals surface area (Å²) < 4.78 is 20.5. The van der Waals surface area contributed by atoms with Gasteiger partial charge in [0.2, 0.25) is 5.95 Å². The van der Waals surface area contributed by atoms with E-state index in [2.05, 4.69) is 10.2 Å². The molecule has 0 atom stereocenters. The Balaban J connectivity index is 1.54. The van der Waals surface area contributed by atoms with Crippen LogP contribution < -0.4 is 15.8 Å². The number of aromatic nitrogens is 2. The molecule has 1 fully saturated rings. The topological polar surface area (TPSA) is 80.4 Å². The van der Waals surface area contributed by atoms with Gasteiger partial charge in [0, 0.05) is 18.7 Å². The van der Waals surface area contributed by atoms with E-state index in [4.69, 9.17) is 9.40 Å². The first kappa shape index (κ1) is 20.9. The molecule has 5 rings (SSSR count). The average molecular weight is 446 g/mol. The minimum atomic E-state index is -0.372. The van der Waals surface area contributed by atoms with Gasteiger partial charge < -0.3 is 14.6 Å². The van der Waals surface area contributed by atoms with Gasteiger partial charge in [-0.25, -0.2) is 13.9 Å². The van der Waals surface area contributed by atoms with Gasteiger partial charge in [0.05, 0.1) is 23.1 Å². The van der Waals surface area contributed by atoms with Crippen LogP contribution in [-0.2, 0) is 6.54 Å². The van der Waals surface area contributed by atoms with Crippen LogP contribution in [0.3, 0.4) is 0 Å². The molecule has 0 radical (unpaired) electrons. The first-order valence-electron chi connectivity index (χ1n) is 10.9. The summed E-state index contributed by atoms with van der Waals surface area (Å²) in [6.45, 7) is 3.67. The van der Waals surface area contributed by atoms with Crippen molar-refractivity contribution < 1.29 is 13.6 Å². The van der Waals surface area contributed by atoms with E-state index in [9.17, 15) is 14.0 Å². The number of nitrogens with one attached hydrogen (secondary N) is 1. The third-order valence-corrected chi connectivity index (χ3v) is 5.81. The van der Waals surface area contributed by atoms with Crippen molar-refractivity contribution in [1.82, 2.24) is 14.9 Å². The zero-order valence-corrected chi connectivity index (χ0v) is 18.2. The highest BCUT2D eigenvalue weighted by Crippen LogP contribution is 2.23. The number of carbonyl (C=O) groups is 1. The Morgan fingerprint density at radius 2 is 1.85 bits per heavy atom. The largest absolute Gasteiger partial charge is 0.465 e. The molecule has 7 nitrogen and oxygen atoms in total. The van der Waals surface area contributed by atoms with E-state index in [-0.39, 0.29) is 23.8 Å². The zero-order valence-electron chi connectivity index (χ0n) is 18.2. The highest BCUT2D eigenvalue weighted by molar-refractivity contribution is 5.97. The quantitative estimate of drug-likeness (QED) is 0.502. The van der Waals surface area contributed by atoms with E-state index >= 15 is 0 Å². The number of aryl methyl sites for hydroxylation is 1. The van der Waals surface area contributed by atoms with Crippen LogP contribution in [0, 0.1) is 12.7 Å². The summed E-state index contributed by atoms with van der Waals surface area (Å²) in [6.07, 6.45) is 2.01. The third-order valence-electron chi connectivity index (χ3n) is 5.81. The molecule has 1 N–H and O–H groups in total. The van der Waals surface area contributed by atoms with Crippen LogP contribution in [0.15, 0.2) is 63.8 Å². The minimum Gasteiger partial charge on any atom is -0.465 e. The summed E-state index contributed by atoms with van der Waals surface area (Å²) in [5, 5.41) is 3.22. The molecule has 1 amide bonds. The third kappa shape index (κ3) is 4.11. The number of rotatable bonds is 5. The maximum absolute atomic E-state index is 13.5. The molecule has 0 spiro atoms. The highest BCUT2D eigenvalue weighted by atomic mass is 19.1. The summed E-state index contributed by atoms with van der Waals surface area (Å²) in [4.78, 5) is 33.0. The number of benzene rings is 2. The lowest BCUT2D eigenvalue weighted by Gasteiger charge is -2.22. The predicted molar refractivity (Wildman–Crippen MR) is 123 cm³/mol. The second kappa shape index (κ2) is 8.54. The van der Waals surface area contributed by atoms with Crippen molar-refractivity contribution in [2.24, 2.45) is 0 Å². The standard InChI is InChI=1S/C25H23FN4O3/c1-16-4-10-20(33-16)15-27-23(31)17-5-11-21-22(14-17)28-25(29-12-2-3-13-29)30(24(21)32)19-8-6-18(26)7-9-19/h4-11,14H,2-3,12-13,15H2,1H3,(H,27,31). The Labute approximate surface area is 189 Å². The Hall–Kier alpha value is -3.94. The maximum atomic E-state index is 13.5. The molecule has 168 valence electrons. The van der Waals surface area contributed by atoms with Crippen molar-refractivity contribution >= 4 is 22.8 Å². The summed E-state index contributed by atoms with van der Waals surface area (Å²) in [5.41, 5.74) is 1.14. The number of amides is 1. The lowest BCUT2D eigenvalue weighted by Crippen LogP contribution is -2.30. The van der Waals surface area contributed by atoms with Crippen LogP contribution in [0.1, 0.15) is 34.7 Å². The molecule has 33 heavy (non-hydrogen) atoms. The Morgan fingerprint density at radius 3 is 2.55 bits per heavy atom. The van der Waals surface area contributed by atoms with Gasteiger partial charge in [-0.2, -0.15) is 0 Å². The maximum Gasteiger partial charge on any atom is 0.267 e. The van der Waals surface area contributed by atoms with Gasteiger partial charge in [0.15, 0.2) is 0 Å². The lowest BCUT2D eigenvalue weighted by molar-refractivity contribution is 0.0948. The van der Waals surface area contributed by atoms with Crippen molar-refractivity contribution in [2.75, 3.05) is 18.0 Å². The van der Waals surface area contributed by atoms with Crippen molar-refractivity contribution in [3.05, 3.63) is 87.9 Å². The highest BCUT2D eigenvalue weighted by Gasteiger charge is 2.22. The zero-order chi connectivity index (χ0) is 22.9. The van der Waals surface area contributed by atoms with Crippen LogP contribution >= 0.6 is 0 Å². The summed E-state index contributed by atoms with van der Waals surface area (Å²) in [7, 11) is 0. The van der Waals surface area contributed by atoms with Crippen LogP contribution in [0.2, 0.25) is 0 Å². The summed E-state index contributed by atoms with van der Waals surface area (Å²) in [6, 6.07) is 14.3. The molecule has 1 aliphatic heterocycles. The number of fused-ring (bicyclic) bond motifs is 1. The van der Waals surface area contributed by atoms with Crippen molar-refractivity contribution in [3.63, 3.8) is 0 Å². The summed E-state index contributed by atoms with van der Waals surface area (Å²) in [5.74, 6) is 1.29. The Kier molecular flexibility index (Phi) is 5.42. The fourth-order valence-electron chi connectivity index (χ4n) is 4.12.